The third-order valence-electron chi connectivity index (χ3n) is 1.87. The molecule has 0 fully saturated rings. The first-order valence-corrected chi connectivity index (χ1v) is 5.41. The first kappa shape index (κ1) is 12.1. The third kappa shape index (κ3) is 4.38. The van der Waals surface area contributed by atoms with Gasteiger partial charge in [0.2, 0.25) is 5.91 Å². The van der Waals surface area contributed by atoms with Crippen LogP contribution in [0, 0.1) is 5.41 Å². The molecule has 15 heavy (non-hydrogen) atoms. The second-order valence-corrected chi connectivity index (χ2v) is 5.28. The van der Waals surface area contributed by atoms with E-state index in [4.69, 9.17) is 0 Å². The normalized spacial score (nSPS) is 11.2. The van der Waals surface area contributed by atoms with Crippen LogP contribution in [0.25, 0.3) is 0 Å². The molecule has 0 saturated carbocycles. The molecule has 82 valence electrons. The van der Waals surface area contributed by atoms with E-state index in [9.17, 15) is 4.79 Å². The van der Waals surface area contributed by atoms with Gasteiger partial charge in [0.15, 0.2) is 0 Å². The standard InChI is InChI=1S/C12H17NOS/c1-12(2,3)8-11(14)13-9-6-4-5-7-10(9)15/h4-7,15H,8H2,1-3H3,(H,13,14). The predicted molar refractivity (Wildman–Crippen MR) is 66.4 cm³/mol. The molecule has 0 aliphatic rings. The van der Waals surface area contributed by atoms with Gasteiger partial charge in [-0.25, -0.2) is 0 Å². The maximum absolute atomic E-state index is 11.6. The monoisotopic (exact) mass is 223 g/mol. The van der Waals surface area contributed by atoms with Crippen molar-refractivity contribution in [1.82, 2.24) is 0 Å². The molecule has 0 radical (unpaired) electrons. The lowest BCUT2D eigenvalue weighted by atomic mass is 9.92. The van der Waals surface area contributed by atoms with Crippen LogP contribution < -0.4 is 5.32 Å². The summed E-state index contributed by atoms with van der Waals surface area (Å²) in [6.45, 7) is 6.12. The molecule has 0 aromatic heterocycles. The van der Waals surface area contributed by atoms with E-state index < -0.39 is 0 Å². The van der Waals surface area contributed by atoms with E-state index >= 15 is 0 Å². The minimum atomic E-state index is 0.00955. The molecule has 0 atom stereocenters. The van der Waals surface area contributed by atoms with Crippen LogP contribution in [0.4, 0.5) is 5.69 Å². The van der Waals surface area contributed by atoms with Gasteiger partial charge in [-0.3, -0.25) is 4.79 Å². The molecule has 2 nitrogen and oxygen atoms in total. The summed E-state index contributed by atoms with van der Waals surface area (Å²) in [7, 11) is 0. The zero-order valence-corrected chi connectivity index (χ0v) is 10.3. The summed E-state index contributed by atoms with van der Waals surface area (Å²) in [6, 6.07) is 7.48. The van der Waals surface area contributed by atoms with Gasteiger partial charge in [-0.15, -0.1) is 12.6 Å². The number of nitrogens with one attached hydrogen (secondary N) is 1. The highest BCUT2D eigenvalue weighted by atomic mass is 32.1. The first-order valence-electron chi connectivity index (χ1n) is 4.96. The fourth-order valence-corrected chi connectivity index (χ4v) is 1.47. The second-order valence-electron chi connectivity index (χ2n) is 4.80. The van der Waals surface area contributed by atoms with Crippen molar-refractivity contribution in [3.05, 3.63) is 24.3 Å². The van der Waals surface area contributed by atoms with Crippen LogP contribution in [0.1, 0.15) is 27.2 Å². The number of rotatable bonds is 2. The highest BCUT2D eigenvalue weighted by Gasteiger charge is 2.16. The number of para-hydroxylation sites is 1. The number of carbonyl (C=O) groups is 1. The Bertz CT molecular complexity index is 355. The molecule has 1 amide bonds. The van der Waals surface area contributed by atoms with Crippen LogP contribution in [0.2, 0.25) is 0 Å². The van der Waals surface area contributed by atoms with Crippen LogP contribution in [0.5, 0.6) is 0 Å². The molecule has 1 rings (SSSR count). The Morgan fingerprint density at radius 2 is 1.93 bits per heavy atom. The van der Waals surface area contributed by atoms with Gasteiger partial charge in [0.25, 0.3) is 0 Å². The Labute approximate surface area is 96.5 Å². The van der Waals surface area contributed by atoms with Gasteiger partial charge in [-0.2, -0.15) is 0 Å². The highest BCUT2D eigenvalue weighted by Crippen LogP contribution is 2.22. The van der Waals surface area contributed by atoms with Gasteiger partial charge in [0.05, 0.1) is 5.69 Å². The summed E-state index contributed by atoms with van der Waals surface area (Å²) >= 11 is 4.27. The molecule has 0 spiro atoms. The summed E-state index contributed by atoms with van der Waals surface area (Å²) in [4.78, 5) is 12.4. The van der Waals surface area contributed by atoms with Gasteiger partial charge in [0.1, 0.15) is 0 Å². The average molecular weight is 223 g/mol. The van der Waals surface area contributed by atoms with Crippen LogP contribution in [0.15, 0.2) is 29.2 Å². The van der Waals surface area contributed by atoms with E-state index in [1.54, 1.807) is 0 Å². The third-order valence-corrected chi connectivity index (χ3v) is 2.26. The molecule has 1 N–H and O–H groups in total. The first-order chi connectivity index (χ1) is 6.88. The highest BCUT2D eigenvalue weighted by molar-refractivity contribution is 7.80. The lowest BCUT2D eigenvalue weighted by molar-refractivity contribution is -0.117. The predicted octanol–water partition coefficient (Wildman–Crippen LogP) is 3.35. The van der Waals surface area contributed by atoms with Gasteiger partial charge in [-0.05, 0) is 17.5 Å². The quantitative estimate of drug-likeness (QED) is 0.740. The zero-order chi connectivity index (χ0) is 11.5. The van der Waals surface area contributed by atoms with E-state index in [-0.39, 0.29) is 11.3 Å². The van der Waals surface area contributed by atoms with Crippen molar-refractivity contribution in [1.29, 1.82) is 0 Å². The van der Waals surface area contributed by atoms with E-state index in [1.165, 1.54) is 0 Å². The number of hydrogen-bond acceptors (Lipinski definition) is 2. The number of thiol groups is 1. The van der Waals surface area contributed by atoms with Crippen LogP contribution in [-0.4, -0.2) is 5.91 Å². The average Bonchev–Trinajstić information content (AvgIpc) is 2.05. The Kier molecular flexibility index (Phi) is 3.80. The summed E-state index contributed by atoms with van der Waals surface area (Å²) in [5.41, 5.74) is 0.783. The Morgan fingerprint density at radius 3 is 2.47 bits per heavy atom. The van der Waals surface area contributed by atoms with Gasteiger partial charge in [-0.1, -0.05) is 32.9 Å². The topological polar surface area (TPSA) is 29.1 Å². The fourth-order valence-electron chi connectivity index (χ4n) is 1.26. The van der Waals surface area contributed by atoms with E-state index in [1.807, 2.05) is 45.0 Å². The number of benzene rings is 1. The summed E-state index contributed by atoms with van der Waals surface area (Å²) in [6.07, 6.45) is 0.509. The summed E-state index contributed by atoms with van der Waals surface area (Å²) in [5.74, 6) is 0.0315. The van der Waals surface area contributed by atoms with Crippen LogP contribution >= 0.6 is 12.6 Å². The fraction of sp³-hybridized carbons (Fsp3) is 0.417. The maximum Gasteiger partial charge on any atom is 0.224 e. The molecule has 0 saturated heterocycles. The number of amides is 1. The molecule has 0 aliphatic heterocycles. The van der Waals surface area contributed by atoms with Crippen molar-refractivity contribution in [3.63, 3.8) is 0 Å². The van der Waals surface area contributed by atoms with E-state index in [0.717, 1.165) is 10.6 Å². The van der Waals surface area contributed by atoms with Crippen LogP contribution in [-0.2, 0) is 4.79 Å². The van der Waals surface area contributed by atoms with Gasteiger partial charge >= 0.3 is 0 Å². The lowest BCUT2D eigenvalue weighted by Crippen LogP contribution is -2.19. The molecule has 0 bridgehead atoms. The summed E-state index contributed by atoms with van der Waals surface area (Å²) < 4.78 is 0. The number of hydrogen-bond donors (Lipinski definition) is 2. The van der Waals surface area contributed by atoms with E-state index in [0.29, 0.717) is 6.42 Å². The molecule has 1 aromatic carbocycles. The largest absolute Gasteiger partial charge is 0.325 e. The Morgan fingerprint density at radius 1 is 1.33 bits per heavy atom. The summed E-state index contributed by atoms with van der Waals surface area (Å²) in [5, 5.41) is 2.85. The molecular formula is C12H17NOS. The van der Waals surface area contributed by atoms with Crippen molar-refractivity contribution < 1.29 is 4.79 Å². The van der Waals surface area contributed by atoms with Gasteiger partial charge in [0, 0.05) is 11.3 Å². The maximum atomic E-state index is 11.6. The Balaban J connectivity index is 2.64. The van der Waals surface area contributed by atoms with Crippen molar-refractivity contribution in [3.8, 4) is 0 Å². The molecule has 0 unspecified atom stereocenters. The minimum absolute atomic E-state index is 0.00955. The SMILES string of the molecule is CC(C)(C)CC(=O)Nc1ccccc1S. The van der Waals surface area contributed by atoms with Crippen LogP contribution in [0.3, 0.4) is 0 Å². The smallest absolute Gasteiger partial charge is 0.224 e. The second kappa shape index (κ2) is 4.71. The lowest BCUT2D eigenvalue weighted by Gasteiger charge is -2.17. The van der Waals surface area contributed by atoms with Crippen molar-refractivity contribution in [2.45, 2.75) is 32.1 Å². The molecular weight excluding hydrogens is 206 g/mol. The number of anilines is 1. The van der Waals surface area contributed by atoms with E-state index in [2.05, 4.69) is 17.9 Å². The minimum Gasteiger partial charge on any atom is -0.325 e. The Hall–Kier alpha value is -0.960. The van der Waals surface area contributed by atoms with Crippen molar-refractivity contribution in [2.75, 3.05) is 5.32 Å². The zero-order valence-electron chi connectivity index (χ0n) is 9.37. The molecule has 1 aromatic rings. The van der Waals surface area contributed by atoms with Crippen molar-refractivity contribution in [2.24, 2.45) is 5.41 Å². The van der Waals surface area contributed by atoms with Gasteiger partial charge < -0.3 is 5.32 Å². The number of carbonyl (C=O) groups excluding carboxylic acids is 1. The molecule has 0 aliphatic carbocycles. The molecule has 0 heterocycles. The molecule has 3 heteroatoms. The van der Waals surface area contributed by atoms with Crippen molar-refractivity contribution >= 4 is 24.2 Å².